The largest absolute Gasteiger partial charge is 0.496 e. The highest BCUT2D eigenvalue weighted by Crippen LogP contribution is 2.25. The van der Waals surface area contributed by atoms with Crippen molar-refractivity contribution in [2.75, 3.05) is 38.2 Å². The highest BCUT2D eigenvalue weighted by atomic mass is 16.5. The van der Waals surface area contributed by atoms with Crippen LogP contribution in [0.1, 0.15) is 30.9 Å². The first-order valence-corrected chi connectivity index (χ1v) is 11.2. The van der Waals surface area contributed by atoms with Crippen LogP contribution in [0.25, 0.3) is 0 Å². The number of amides is 1. The SMILES string of the molecule is CCNC(=NCc1cccnc1N1CCCC(C(N)=O)C1)NCCc1ccccc1OC. The second-order valence-corrected chi connectivity index (χ2v) is 7.86. The molecule has 172 valence electrons. The molecule has 1 unspecified atom stereocenters. The fourth-order valence-electron chi connectivity index (χ4n) is 3.97. The molecule has 0 spiro atoms. The molecule has 1 amide bonds. The minimum Gasteiger partial charge on any atom is -0.496 e. The van der Waals surface area contributed by atoms with Crippen LogP contribution in [0, 0.1) is 5.92 Å². The molecule has 32 heavy (non-hydrogen) atoms. The Kier molecular flexibility index (Phi) is 8.71. The molecule has 1 aromatic heterocycles. The lowest BCUT2D eigenvalue weighted by atomic mass is 9.97. The topological polar surface area (TPSA) is 105 Å². The van der Waals surface area contributed by atoms with E-state index in [0.29, 0.717) is 13.1 Å². The summed E-state index contributed by atoms with van der Waals surface area (Å²) in [5.41, 5.74) is 7.73. The second-order valence-electron chi connectivity index (χ2n) is 7.86. The van der Waals surface area contributed by atoms with E-state index in [9.17, 15) is 4.79 Å². The molecule has 0 aliphatic carbocycles. The highest BCUT2D eigenvalue weighted by molar-refractivity contribution is 5.80. The molecule has 1 saturated heterocycles. The van der Waals surface area contributed by atoms with Gasteiger partial charge in [0.1, 0.15) is 11.6 Å². The summed E-state index contributed by atoms with van der Waals surface area (Å²) in [4.78, 5) is 23.2. The third-order valence-corrected chi connectivity index (χ3v) is 5.62. The van der Waals surface area contributed by atoms with E-state index in [0.717, 1.165) is 67.6 Å². The molecule has 1 aliphatic rings. The van der Waals surface area contributed by atoms with Gasteiger partial charge < -0.3 is 26.0 Å². The first-order valence-electron chi connectivity index (χ1n) is 11.2. The maximum absolute atomic E-state index is 11.7. The van der Waals surface area contributed by atoms with Crippen LogP contribution in [-0.4, -0.2) is 50.1 Å². The van der Waals surface area contributed by atoms with Crippen LogP contribution in [0.4, 0.5) is 5.82 Å². The second kappa shape index (κ2) is 11.9. The molecular weight excluding hydrogens is 404 g/mol. The standard InChI is InChI=1S/C24H34N6O2/c1-3-26-24(28-14-12-18-8-4-5-11-21(18)32-2)29-16-19-9-6-13-27-23(19)30-15-7-10-20(17-30)22(25)31/h4-6,8-9,11,13,20H,3,7,10,12,14-17H2,1-2H3,(H2,25,31)(H2,26,28,29). The van der Waals surface area contributed by atoms with Gasteiger partial charge in [0.05, 0.1) is 19.6 Å². The Morgan fingerprint density at radius 3 is 2.84 bits per heavy atom. The van der Waals surface area contributed by atoms with Crippen LogP contribution in [0.15, 0.2) is 47.6 Å². The number of piperidine rings is 1. The molecular formula is C24H34N6O2. The van der Waals surface area contributed by atoms with Crippen LogP contribution in [0.5, 0.6) is 5.75 Å². The lowest BCUT2D eigenvalue weighted by Gasteiger charge is -2.33. The summed E-state index contributed by atoms with van der Waals surface area (Å²) in [6, 6.07) is 12.0. The van der Waals surface area contributed by atoms with Crippen molar-refractivity contribution in [3.8, 4) is 5.75 Å². The Morgan fingerprint density at radius 2 is 2.06 bits per heavy atom. The van der Waals surface area contributed by atoms with Crippen molar-refractivity contribution >= 4 is 17.7 Å². The van der Waals surface area contributed by atoms with Gasteiger partial charge in [0.2, 0.25) is 5.91 Å². The Morgan fingerprint density at radius 1 is 1.25 bits per heavy atom. The number of rotatable bonds is 9. The van der Waals surface area contributed by atoms with Crippen molar-refractivity contribution in [3.63, 3.8) is 0 Å². The number of guanidine groups is 1. The van der Waals surface area contributed by atoms with Gasteiger partial charge in [-0.25, -0.2) is 9.98 Å². The number of methoxy groups -OCH3 is 1. The third-order valence-electron chi connectivity index (χ3n) is 5.62. The van der Waals surface area contributed by atoms with Crippen molar-refractivity contribution < 1.29 is 9.53 Å². The normalized spacial score (nSPS) is 16.5. The van der Waals surface area contributed by atoms with Crippen LogP contribution in [0.3, 0.4) is 0 Å². The number of nitrogens with one attached hydrogen (secondary N) is 2. The zero-order valence-corrected chi connectivity index (χ0v) is 19.0. The van der Waals surface area contributed by atoms with Crippen LogP contribution in [-0.2, 0) is 17.8 Å². The predicted molar refractivity (Wildman–Crippen MR) is 128 cm³/mol. The van der Waals surface area contributed by atoms with Gasteiger partial charge in [0, 0.05) is 37.9 Å². The molecule has 2 aromatic rings. The van der Waals surface area contributed by atoms with Crippen molar-refractivity contribution in [2.24, 2.45) is 16.6 Å². The number of benzene rings is 1. The lowest BCUT2D eigenvalue weighted by Crippen LogP contribution is -2.42. The average molecular weight is 439 g/mol. The van der Waals surface area contributed by atoms with Crippen molar-refractivity contribution in [1.82, 2.24) is 15.6 Å². The van der Waals surface area contributed by atoms with Gasteiger partial charge in [-0.05, 0) is 43.9 Å². The van der Waals surface area contributed by atoms with Crippen molar-refractivity contribution in [2.45, 2.75) is 32.7 Å². The number of hydrogen-bond donors (Lipinski definition) is 3. The van der Waals surface area contributed by atoms with E-state index < -0.39 is 0 Å². The maximum atomic E-state index is 11.7. The number of ether oxygens (including phenoxy) is 1. The minimum absolute atomic E-state index is 0.129. The molecule has 2 heterocycles. The third kappa shape index (κ3) is 6.35. The molecule has 8 nitrogen and oxygen atoms in total. The zero-order chi connectivity index (χ0) is 22.8. The number of nitrogens with two attached hydrogens (primary N) is 1. The lowest BCUT2D eigenvalue weighted by molar-refractivity contribution is -0.122. The van der Waals surface area contributed by atoms with Gasteiger partial charge in [-0.3, -0.25) is 4.79 Å². The minimum atomic E-state index is -0.237. The van der Waals surface area contributed by atoms with Crippen molar-refractivity contribution in [1.29, 1.82) is 0 Å². The number of pyridine rings is 1. The molecule has 1 aliphatic heterocycles. The van der Waals surface area contributed by atoms with E-state index in [2.05, 4.69) is 26.6 Å². The number of aromatic nitrogens is 1. The Labute approximate surface area is 190 Å². The van der Waals surface area contributed by atoms with E-state index in [4.69, 9.17) is 15.5 Å². The number of nitrogens with zero attached hydrogens (tertiary/aromatic N) is 3. The summed E-state index contributed by atoms with van der Waals surface area (Å²) in [6.45, 7) is 5.52. The Bertz CT molecular complexity index is 917. The zero-order valence-electron chi connectivity index (χ0n) is 19.0. The van der Waals surface area contributed by atoms with E-state index in [1.807, 2.05) is 37.3 Å². The first kappa shape index (κ1) is 23.4. The average Bonchev–Trinajstić information content (AvgIpc) is 2.83. The summed E-state index contributed by atoms with van der Waals surface area (Å²) in [7, 11) is 1.69. The van der Waals surface area contributed by atoms with E-state index >= 15 is 0 Å². The molecule has 1 atom stereocenters. The molecule has 1 fully saturated rings. The predicted octanol–water partition coefficient (Wildman–Crippen LogP) is 2.09. The number of para-hydroxylation sites is 1. The van der Waals surface area contributed by atoms with Crippen LogP contribution < -0.4 is 26.0 Å². The summed E-state index contributed by atoms with van der Waals surface area (Å²) < 4.78 is 5.43. The smallest absolute Gasteiger partial charge is 0.222 e. The van der Waals surface area contributed by atoms with E-state index in [1.165, 1.54) is 0 Å². The quantitative estimate of drug-likeness (QED) is 0.409. The van der Waals surface area contributed by atoms with Gasteiger partial charge in [0.25, 0.3) is 0 Å². The number of aliphatic imine (C=N–C) groups is 1. The number of carbonyl (C=O) groups excluding carboxylic acids is 1. The maximum Gasteiger partial charge on any atom is 0.222 e. The molecule has 8 heteroatoms. The Hall–Kier alpha value is -3.29. The van der Waals surface area contributed by atoms with Gasteiger partial charge in [-0.1, -0.05) is 24.3 Å². The number of carbonyl (C=O) groups is 1. The number of primary amides is 1. The molecule has 3 rings (SSSR count). The summed E-state index contributed by atoms with van der Waals surface area (Å²) >= 11 is 0. The molecule has 0 bridgehead atoms. The fourth-order valence-corrected chi connectivity index (χ4v) is 3.97. The fraction of sp³-hybridized carbons (Fsp3) is 0.458. The molecule has 0 saturated carbocycles. The molecule has 1 aromatic carbocycles. The van der Waals surface area contributed by atoms with Crippen LogP contribution in [0.2, 0.25) is 0 Å². The van der Waals surface area contributed by atoms with Crippen LogP contribution >= 0.6 is 0 Å². The monoisotopic (exact) mass is 438 g/mol. The highest BCUT2D eigenvalue weighted by Gasteiger charge is 2.25. The number of anilines is 1. The van der Waals surface area contributed by atoms with Gasteiger partial charge in [-0.2, -0.15) is 0 Å². The molecule has 4 N–H and O–H groups in total. The number of hydrogen-bond acceptors (Lipinski definition) is 5. The Balaban J connectivity index is 1.65. The van der Waals surface area contributed by atoms with E-state index in [1.54, 1.807) is 13.3 Å². The first-order chi connectivity index (χ1) is 15.6. The summed E-state index contributed by atoms with van der Waals surface area (Å²) in [5, 5.41) is 6.70. The van der Waals surface area contributed by atoms with Gasteiger partial charge >= 0.3 is 0 Å². The van der Waals surface area contributed by atoms with E-state index in [-0.39, 0.29) is 11.8 Å². The van der Waals surface area contributed by atoms with Gasteiger partial charge in [-0.15, -0.1) is 0 Å². The summed E-state index contributed by atoms with van der Waals surface area (Å²) in [6.07, 6.45) is 4.38. The molecule has 0 radical (unpaired) electrons. The van der Waals surface area contributed by atoms with Gasteiger partial charge in [0.15, 0.2) is 5.96 Å². The van der Waals surface area contributed by atoms with Crippen molar-refractivity contribution in [3.05, 3.63) is 53.7 Å². The summed E-state index contributed by atoms with van der Waals surface area (Å²) in [5.74, 6) is 2.17.